The summed E-state index contributed by atoms with van der Waals surface area (Å²) in [6.45, 7) is 12.4. The number of hydrogen-bond acceptors (Lipinski definition) is 3. The Morgan fingerprint density at radius 1 is 1.19 bits per heavy atom. The zero-order valence-electron chi connectivity index (χ0n) is 14.0. The fourth-order valence-corrected chi connectivity index (χ4v) is 3.53. The Balaban J connectivity index is 2.28. The Bertz CT molecular complexity index is 498. The highest BCUT2D eigenvalue weighted by Gasteiger charge is 2.38. The molecule has 0 amide bonds. The van der Waals surface area contributed by atoms with Crippen LogP contribution in [0.25, 0.3) is 0 Å². The van der Waals surface area contributed by atoms with E-state index in [0.29, 0.717) is 0 Å². The number of nitrogens with zero attached hydrogens (tertiary/aromatic N) is 1. The van der Waals surface area contributed by atoms with Gasteiger partial charge >= 0.3 is 0 Å². The second kappa shape index (κ2) is 5.79. The molecule has 1 aliphatic rings. The van der Waals surface area contributed by atoms with Crippen LogP contribution in [0.15, 0.2) is 18.2 Å². The van der Waals surface area contributed by atoms with Gasteiger partial charge in [-0.05, 0) is 59.4 Å². The largest absolute Gasteiger partial charge is 0.366 e. The summed E-state index contributed by atoms with van der Waals surface area (Å²) < 4.78 is 6.14. The summed E-state index contributed by atoms with van der Waals surface area (Å²) >= 11 is 6.47. The molecule has 1 aliphatic heterocycles. The third kappa shape index (κ3) is 3.91. The maximum atomic E-state index is 6.47. The van der Waals surface area contributed by atoms with E-state index in [9.17, 15) is 0 Å². The van der Waals surface area contributed by atoms with Gasteiger partial charge in [0.2, 0.25) is 0 Å². The quantitative estimate of drug-likeness (QED) is 0.913. The van der Waals surface area contributed by atoms with Gasteiger partial charge < -0.3 is 15.0 Å². The van der Waals surface area contributed by atoms with Crippen LogP contribution in [-0.2, 0) is 4.74 Å². The van der Waals surface area contributed by atoms with Crippen molar-refractivity contribution in [3.05, 3.63) is 28.8 Å². The first-order chi connectivity index (χ1) is 9.63. The minimum absolute atomic E-state index is 0.162. The minimum Gasteiger partial charge on any atom is -0.366 e. The van der Waals surface area contributed by atoms with Gasteiger partial charge in [-0.15, -0.1) is 0 Å². The van der Waals surface area contributed by atoms with Gasteiger partial charge in [0.25, 0.3) is 0 Å². The fourth-order valence-electron chi connectivity index (χ4n) is 3.19. The van der Waals surface area contributed by atoms with Crippen molar-refractivity contribution in [3.8, 4) is 0 Å². The van der Waals surface area contributed by atoms with Crippen LogP contribution >= 0.6 is 11.6 Å². The van der Waals surface area contributed by atoms with E-state index >= 15 is 0 Å². The molecule has 1 unspecified atom stereocenters. The zero-order chi connectivity index (χ0) is 15.8. The van der Waals surface area contributed by atoms with Crippen molar-refractivity contribution in [2.75, 3.05) is 25.0 Å². The molecule has 1 saturated heterocycles. The lowest BCUT2D eigenvalue weighted by Gasteiger charge is -2.48. The molecule has 1 atom stereocenters. The number of benzene rings is 1. The number of halogens is 1. The maximum absolute atomic E-state index is 6.47. The molecule has 118 valence electrons. The Morgan fingerprint density at radius 2 is 1.76 bits per heavy atom. The monoisotopic (exact) mass is 310 g/mol. The number of morpholine rings is 1. The highest BCUT2D eigenvalue weighted by Crippen LogP contribution is 2.34. The van der Waals surface area contributed by atoms with Crippen LogP contribution in [0.5, 0.6) is 0 Å². The molecule has 2 rings (SSSR count). The predicted molar refractivity (Wildman–Crippen MR) is 90.4 cm³/mol. The van der Waals surface area contributed by atoms with Crippen LogP contribution in [0.3, 0.4) is 0 Å². The number of rotatable bonds is 3. The molecule has 1 aromatic carbocycles. The molecule has 0 aliphatic carbocycles. The summed E-state index contributed by atoms with van der Waals surface area (Å²) in [5.41, 5.74) is 1.97. The van der Waals surface area contributed by atoms with Gasteiger partial charge in [-0.3, -0.25) is 0 Å². The van der Waals surface area contributed by atoms with Gasteiger partial charge in [0, 0.05) is 29.8 Å². The Hall–Kier alpha value is -0.770. The summed E-state index contributed by atoms with van der Waals surface area (Å²) in [6.07, 6.45) is 0. The molecule has 0 spiro atoms. The van der Waals surface area contributed by atoms with Crippen LogP contribution in [0.2, 0.25) is 5.02 Å². The average Bonchev–Trinajstić information content (AvgIpc) is 2.34. The van der Waals surface area contributed by atoms with Crippen LogP contribution in [0, 0.1) is 0 Å². The van der Waals surface area contributed by atoms with Gasteiger partial charge in [-0.2, -0.15) is 0 Å². The Morgan fingerprint density at radius 3 is 2.24 bits per heavy atom. The van der Waals surface area contributed by atoms with Gasteiger partial charge in [0.1, 0.15) is 0 Å². The summed E-state index contributed by atoms with van der Waals surface area (Å²) in [7, 11) is 1.95. The molecular weight excluding hydrogens is 284 g/mol. The molecule has 0 saturated carbocycles. The lowest BCUT2D eigenvalue weighted by molar-refractivity contribution is -0.133. The van der Waals surface area contributed by atoms with E-state index in [1.165, 1.54) is 0 Å². The second-order valence-corrected chi connectivity index (χ2v) is 7.60. The van der Waals surface area contributed by atoms with Crippen molar-refractivity contribution in [2.24, 2.45) is 0 Å². The van der Waals surface area contributed by atoms with Crippen LogP contribution in [0.1, 0.15) is 46.2 Å². The molecule has 3 nitrogen and oxygen atoms in total. The third-order valence-corrected chi connectivity index (χ3v) is 4.27. The third-order valence-electron chi connectivity index (χ3n) is 3.94. The molecule has 0 radical (unpaired) electrons. The van der Waals surface area contributed by atoms with E-state index in [1.807, 2.05) is 7.05 Å². The Kier molecular flexibility index (Phi) is 4.57. The normalized spacial score (nSPS) is 22.1. The minimum atomic E-state index is -0.162. The van der Waals surface area contributed by atoms with Crippen LogP contribution in [0.4, 0.5) is 5.69 Å². The smallest absolute Gasteiger partial charge is 0.0808 e. The summed E-state index contributed by atoms with van der Waals surface area (Å²) in [5.74, 6) is 0. The van der Waals surface area contributed by atoms with Gasteiger partial charge in [-0.1, -0.05) is 17.7 Å². The SMILES string of the molecule is CNC(C)c1ccc(N2CC(C)(C)OC(C)(C)C2)cc1Cl. The number of hydrogen-bond donors (Lipinski definition) is 1. The molecule has 4 heteroatoms. The maximum Gasteiger partial charge on any atom is 0.0808 e. The van der Waals surface area contributed by atoms with E-state index in [1.54, 1.807) is 0 Å². The summed E-state index contributed by atoms with van der Waals surface area (Å²) in [4.78, 5) is 2.36. The topological polar surface area (TPSA) is 24.5 Å². The molecule has 0 bridgehead atoms. The number of anilines is 1. The molecule has 21 heavy (non-hydrogen) atoms. The van der Waals surface area contributed by atoms with Gasteiger partial charge in [0.15, 0.2) is 0 Å². The first kappa shape index (κ1) is 16.6. The van der Waals surface area contributed by atoms with E-state index in [0.717, 1.165) is 29.4 Å². The molecule has 1 fully saturated rings. The molecule has 1 heterocycles. The van der Waals surface area contributed by atoms with E-state index in [4.69, 9.17) is 16.3 Å². The van der Waals surface area contributed by atoms with Crippen molar-refractivity contribution >= 4 is 17.3 Å². The van der Waals surface area contributed by atoms with Crippen molar-refractivity contribution in [3.63, 3.8) is 0 Å². The lowest BCUT2D eigenvalue weighted by Crippen LogP contribution is -2.57. The number of ether oxygens (including phenoxy) is 1. The predicted octanol–water partition coefficient (Wildman–Crippen LogP) is 4.01. The summed E-state index contributed by atoms with van der Waals surface area (Å²) in [5, 5.41) is 4.05. The Labute approximate surface area is 133 Å². The number of nitrogens with one attached hydrogen (secondary N) is 1. The van der Waals surface area contributed by atoms with E-state index < -0.39 is 0 Å². The highest BCUT2D eigenvalue weighted by atomic mass is 35.5. The van der Waals surface area contributed by atoms with E-state index in [2.05, 4.69) is 63.0 Å². The molecule has 0 aromatic heterocycles. The van der Waals surface area contributed by atoms with Gasteiger partial charge in [-0.25, -0.2) is 0 Å². The fraction of sp³-hybridized carbons (Fsp3) is 0.647. The first-order valence-electron chi connectivity index (χ1n) is 7.55. The molecule has 1 N–H and O–H groups in total. The van der Waals surface area contributed by atoms with Crippen molar-refractivity contribution in [1.29, 1.82) is 0 Å². The second-order valence-electron chi connectivity index (χ2n) is 7.19. The van der Waals surface area contributed by atoms with Crippen molar-refractivity contribution < 1.29 is 4.74 Å². The van der Waals surface area contributed by atoms with Crippen LogP contribution in [-0.4, -0.2) is 31.3 Å². The molecular formula is C17H27ClN2O. The first-order valence-corrected chi connectivity index (χ1v) is 7.93. The van der Waals surface area contributed by atoms with Crippen LogP contribution < -0.4 is 10.2 Å². The average molecular weight is 311 g/mol. The molecule has 1 aromatic rings. The van der Waals surface area contributed by atoms with Crippen molar-refractivity contribution in [1.82, 2.24) is 5.32 Å². The highest BCUT2D eigenvalue weighted by molar-refractivity contribution is 6.31. The van der Waals surface area contributed by atoms with Crippen molar-refractivity contribution in [2.45, 2.75) is 51.9 Å². The zero-order valence-corrected chi connectivity index (χ0v) is 14.7. The standard InChI is InChI=1S/C17H27ClN2O/c1-12(19-6)14-8-7-13(9-15(14)18)20-10-16(2,3)21-17(4,5)11-20/h7-9,12,19H,10-11H2,1-6H3. The van der Waals surface area contributed by atoms with E-state index in [-0.39, 0.29) is 17.2 Å². The lowest BCUT2D eigenvalue weighted by atomic mass is 9.98. The van der Waals surface area contributed by atoms with Gasteiger partial charge in [0.05, 0.1) is 11.2 Å². The summed E-state index contributed by atoms with van der Waals surface area (Å²) in [6, 6.07) is 6.60.